The SMILES string of the molecule is CC(C)CNCc1ccn(-c2cccc3cnccc23)n1. The highest BCUT2D eigenvalue weighted by Crippen LogP contribution is 2.20. The molecule has 1 N–H and O–H groups in total. The maximum atomic E-state index is 4.66. The summed E-state index contributed by atoms with van der Waals surface area (Å²) in [5, 5.41) is 10.4. The molecule has 108 valence electrons. The Hall–Kier alpha value is -2.20. The molecule has 0 amide bonds. The van der Waals surface area contributed by atoms with E-state index in [1.165, 1.54) is 0 Å². The zero-order chi connectivity index (χ0) is 14.7. The lowest BCUT2D eigenvalue weighted by Gasteiger charge is -2.07. The smallest absolute Gasteiger partial charge is 0.0766 e. The summed E-state index contributed by atoms with van der Waals surface area (Å²) < 4.78 is 1.94. The molecule has 0 fully saturated rings. The fourth-order valence-electron chi connectivity index (χ4n) is 2.38. The van der Waals surface area contributed by atoms with E-state index in [1.807, 2.05) is 35.4 Å². The number of hydrogen-bond donors (Lipinski definition) is 1. The van der Waals surface area contributed by atoms with Crippen molar-refractivity contribution in [3.05, 3.63) is 54.6 Å². The maximum absolute atomic E-state index is 4.66. The fraction of sp³-hybridized carbons (Fsp3) is 0.294. The second-order valence-corrected chi connectivity index (χ2v) is 5.65. The van der Waals surface area contributed by atoms with E-state index >= 15 is 0 Å². The molecule has 4 heteroatoms. The van der Waals surface area contributed by atoms with Crippen molar-refractivity contribution in [1.82, 2.24) is 20.1 Å². The van der Waals surface area contributed by atoms with Gasteiger partial charge in [-0.3, -0.25) is 4.98 Å². The second-order valence-electron chi connectivity index (χ2n) is 5.65. The van der Waals surface area contributed by atoms with Crippen molar-refractivity contribution in [3.8, 4) is 5.69 Å². The topological polar surface area (TPSA) is 42.7 Å². The van der Waals surface area contributed by atoms with E-state index in [2.05, 4.69) is 47.4 Å². The van der Waals surface area contributed by atoms with Crippen molar-refractivity contribution in [1.29, 1.82) is 0 Å². The molecule has 0 radical (unpaired) electrons. The minimum atomic E-state index is 0.651. The van der Waals surface area contributed by atoms with Gasteiger partial charge in [-0.1, -0.05) is 26.0 Å². The zero-order valence-corrected chi connectivity index (χ0v) is 12.5. The largest absolute Gasteiger partial charge is 0.311 e. The monoisotopic (exact) mass is 280 g/mol. The summed E-state index contributed by atoms with van der Waals surface area (Å²) in [5.74, 6) is 0.651. The molecule has 4 nitrogen and oxygen atoms in total. The van der Waals surface area contributed by atoms with Gasteiger partial charge in [0.2, 0.25) is 0 Å². The van der Waals surface area contributed by atoms with Gasteiger partial charge in [-0.25, -0.2) is 4.68 Å². The lowest BCUT2D eigenvalue weighted by Crippen LogP contribution is -2.19. The Morgan fingerprint density at radius 1 is 1.19 bits per heavy atom. The second kappa shape index (κ2) is 6.06. The molecule has 0 bridgehead atoms. The maximum Gasteiger partial charge on any atom is 0.0766 e. The Bertz CT molecular complexity index is 725. The van der Waals surface area contributed by atoms with Crippen LogP contribution < -0.4 is 5.32 Å². The molecule has 0 unspecified atom stereocenters. The Morgan fingerprint density at radius 3 is 2.95 bits per heavy atom. The summed E-state index contributed by atoms with van der Waals surface area (Å²) in [4.78, 5) is 4.17. The first-order valence-electron chi connectivity index (χ1n) is 7.32. The molecule has 3 aromatic rings. The lowest BCUT2D eigenvalue weighted by molar-refractivity contribution is 0.546. The van der Waals surface area contributed by atoms with Crippen molar-refractivity contribution in [3.63, 3.8) is 0 Å². The first kappa shape index (κ1) is 13.8. The Morgan fingerprint density at radius 2 is 2.10 bits per heavy atom. The van der Waals surface area contributed by atoms with Crippen LogP contribution in [0.25, 0.3) is 16.5 Å². The number of fused-ring (bicyclic) bond motifs is 1. The molecular formula is C17H20N4. The normalized spacial score (nSPS) is 11.4. The molecule has 3 rings (SSSR count). The van der Waals surface area contributed by atoms with Crippen molar-refractivity contribution >= 4 is 10.8 Å². The predicted octanol–water partition coefficient (Wildman–Crippen LogP) is 3.17. The van der Waals surface area contributed by atoms with E-state index < -0.39 is 0 Å². The van der Waals surface area contributed by atoms with Crippen LogP contribution in [0.1, 0.15) is 19.5 Å². The molecule has 0 saturated heterocycles. The predicted molar refractivity (Wildman–Crippen MR) is 85.4 cm³/mol. The average molecular weight is 280 g/mol. The van der Waals surface area contributed by atoms with Gasteiger partial charge in [0, 0.05) is 35.9 Å². The molecule has 0 aliphatic heterocycles. The molecule has 2 heterocycles. The van der Waals surface area contributed by atoms with Crippen LogP contribution in [0.4, 0.5) is 0 Å². The zero-order valence-electron chi connectivity index (χ0n) is 12.5. The van der Waals surface area contributed by atoms with E-state index in [0.29, 0.717) is 5.92 Å². The Kier molecular flexibility index (Phi) is 3.97. The number of nitrogens with one attached hydrogen (secondary N) is 1. The van der Waals surface area contributed by atoms with Gasteiger partial charge in [0.1, 0.15) is 0 Å². The van der Waals surface area contributed by atoms with Gasteiger partial charge in [-0.15, -0.1) is 0 Å². The van der Waals surface area contributed by atoms with Crippen LogP contribution in [0, 0.1) is 5.92 Å². The molecule has 0 saturated carbocycles. The van der Waals surface area contributed by atoms with Crippen LogP contribution in [-0.2, 0) is 6.54 Å². The standard InChI is InChI=1S/C17H20N4/c1-13(2)10-19-12-15-7-9-21(20-15)17-5-3-4-14-11-18-8-6-16(14)17/h3-9,11,13,19H,10,12H2,1-2H3. The number of hydrogen-bond acceptors (Lipinski definition) is 3. The third-order valence-corrected chi connectivity index (χ3v) is 3.41. The van der Waals surface area contributed by atoms with E-state index in [1.54, 1.807) is 0 Å². The summed E-state index contributed by atoms with van der Waals surface area (Å²) in [6.45, 7) is 6.22. The molecule has 0 spiro atoms. The number of nitrogens with zero attached hydrogens (tertiary/aromatic N) is 3. The Balaban J connectivity index is 1.85. The summed E-state index contributed by atoms with van der Waals surface area (Å²) in [7, 11) is 0. The number of pyridine rings is 1. The average Bonchev–Trinajstić information content (AvgIpc) is 2.95. The number of aromatic nitrogens is 3. The van der Waals surface area contributed by atoms with Gasteiger partial charge in [-0.2, -0.15) is 5.10 Å². The highest BCUT2D eigenvalue weighted by atomic mass is 15.3. The molecule has 0 aliphatic rings. The van der Waals surface area contributed by atoms with Gasteiger partial charge >= 0.3 is 0 Å². The first-order chi connectivity index (χ1) is 10.2. The third kappa shape index (κ3) is 3.11. The molecule has 21 heavy (non-hydrogen) atoms. The highest BCUT2D eigenvalue weighted by molar-refractivity contribution is 5.89. The van der Waals surface area contributed by atoms with Crippen molar-refractivity contribution < 1.29 is 0 Å². The molecule has 2 aromatic heterocycles. The molecule has 0 aliphatic carbocycles. The van der Waals surface area contributed by atoms with Gasteiger partial charge in [0.25, 0.3) is 0 Å². The summed E-state index contributed by atoms with van der Waals surface area (Å²) in [5.41, 5.74) is 2.15. The van der Waals surface area contributed by atoms with Gasteiger partial charge in [0.05, 0.1) is 11.4 Å². The lowest BCUT2D eigenvalue weighted by atomic mass is 10.1. The molecule has 1 aromatic carbocycles. The quantitative estimate of drug-likeness (QED) is 0.780. The summed E-state index contributed by atoms with van der Waals surface area (Å²) in [6.07, 6.45) is 5.72. The van der Waals surface area contributed by atoms with E-state index in [-0.39, 0.29) is 0 Å². The van der Waals surface area contributed by atoms with E-state index in [9.17, 15) is 0 Å². The van der Waals surface area contributed by atoms with Crippen molar-refractivity contribution in [2.45, 2.75) is 20.4 Å². The minimum Gasteiger partial charge on any atom is -0.311 e. The van der Waals surface area contributed by atoms with Crippen LogP contribution in [0.3, 0.4) is 0 Å². The van der Waals surface area contributed by atoms with E-state index in [0.717, 1.165) is 35.2 Å². The van der Waals surface area contributed by atoms with Gasteiger partial charge in [0.15, 0.2) is 0 Å². The third-order valence-electron chi connectivity index (χ3n) is 3.41. The minimum absolute atomic E-state index is 0.651. The molecular weight excluding hydrogens is 260 g/mol. The van der Waals surface area contributed by atoms with Crippen LogP contribution >= 0.6 is 0 Å². The van der Waals surface area contributed by atoms with Crippen LogP contribution in [0.15, 0.2) is 48.9 Å². The van der Waals surface area contributed by atoms with Gasteiger partial charge < -0.3 is 5.32 Å². The van der Waals surface area contributed by atoms with Gasteiger partial charge in [-0.05, 0) is 30.7 Å². The van der Waals surface area contributed by atoms with Crippen LogP contribution in [-0.4, -0.2) is 21.3 Å². The summed E-state index contributed by atoms with van der Waals surface area (Å²) >= 11 is 0. The number of rotatable bonds is 5. The van der Waals surface area contributed by atoms with E-state index in [4.69, 9.17) is 0 Å². The van der Waals surface area contributed by atoms with Crippen molar-refractivity contribution in [2.75, 3.05) is 6.54 Å². The molecule has 0 atom stereocenters. The van der Waals surface area contributed by atoms with Crippen molar-refractivity contribution in [2.24, 2.45) is 5.92 Å². The number of benzene rings is 1. The van der Waals surface area contributed by atoms with Crippen LogP contribution in [0.5, 0.6) is 0 Å². The fourth-order valence-corrected chi connectivity index (χ4v) is 2.38. The summed E-state index contributed by atoms with van der Waals surface area (Å²) in [6, 6.07) is 10.3. The van der Waals surface area contributed by atoms with Crippen LogP contribution in [0.2, 0.25) is 0 Å². The Labute approximate surface area is 124 Å². The first-order valence-corrected chi connectivity index (χ1v) is 7.32. The highest BCUT2D eigenvalue weighted by Gasteiger charge is 2.05.